The average molecular weight is 319 g/mol. The van der Waals surface area contributed by atoms with Gasteiger partial charge in [0, 0.05) is 13.1 Å². The summed E-state index contributed by atoms with van der Waals surface area (Å²) >= 11 is 0. The summed E-state index contributed by atoms with van der Waals surface area (Å²) in [4.78, 5) is 25.4. The van der Waals surface area contributed by atoms with Crippen molar-refractivity contribution in [3.05, 3.63) is 29.8 Å². The maximum Gasteiger partial charge on any atom is 0.306 e. The molecule has 1 amide bonds. The molecule has 1 N–H and O–H groups in total. The van der Waals surface area contributed by atoms with Crippen LogP contribution in [0.15, 0.2) is 24.3 Å². The number of carboxylic acid groups (broad SMARTS) is 1. The molecular weight excluding hydrogens is 294 g/mol. The molecule has 0 radical (unpaired) electrons. The lowest BCUT2D eigenvalue weighted by Crippen LogP contribution is -2.40. The van der Waals surface area contributed by atoms with E-state index in [0.29, 0.717) is 43.9 Å². The van der Waals surface area contributed by atoms with E-state index in [-0.39, 0.29) is 11.8 Å². The zero-order valence-corrected chi connectivity index (χ0v) is 13.7. The molecule has 1 fully saturated rings. The Labute approximate surface area is 137 Å². The van der Waals surface area contributed by atoms with Crippen LogP contribution in [0.1, 0.15) is 49.4 Å². The van der Waals surface area contributed by atoms with Crippen molar-refractivity contribution < 1.29 is 19.4 Å². The number of likely N-dealkylation sites (tertiary alicyclic amines) is 1. The van der Waals surface area contributed by atoms with Crippen molar-refractivity contribution in [1.82, 2.24) is 4.90 Å². The molecule has 0 saturated carbocycles. The quantitative estimate of drug-likeness (QED) is 0.784. The first-order valence-corrected chi connectivity index (χ1v) is 8.37. The molecule has 2 rings (SSSR count). The maximum absolute atomic E-state index is 12.7. The minimum atomic E-state index is -0.767. The lowest BCUT2D eigenvalue weighted by Gasteiger charge is -2.30. The van der Waals surface area contributed by atoms with Crippen LogP contribution >= 0.6 is 0 Å². The van der Waals surface area contributed by atoms with E-state index < -0.39 is 5.97 Å². The number of carbonyl (C=O) groups excluding carboxylic acids is 1. The molecule has 5 nitrogen and oxygen atoms in total. The second-order valence-electron chi connectivity index (χ2n) is 5.96. The van der Waals surface area contributed by atoms with Gasteiger partial charge in [-0.1, -0.05) is 31.9 Å². The minimum absolute atomic E-state index is 0.0695. The van der Waals surface area contributed by atoms with E-state index in [0.717, 1.165) is 19.3 Å². The van der Waals surface area contributed by atoms with Gasteiger partial charge >= 0.3 is 5.97 Å². The fraction of sp³-hybridized carbons (Fsp3) is 0.556. The molecule has 126 valence electrons. The molecule has 0 spiro atoms. The highest BCUT2D eigenvalue weighted by Gasteiger charge is 2.28. The summed E-state index contributed by atoms with van der Waals surface area (Å²) in [6.07, 6.45) is 4.24. The van der Waals surface area contributed by atoms with Crippen LogP contribution in [-0.4, -0.2) is 41.6 Å². The predicted octanol–water partition coefficient (Wildman–Crippen LogP) is 3.19. The van der Waals surface area contributed by atoms with Crippen LogP contribution in [0.4, 0.5) is 0 Å². The lowest BCUT2D eigenvalue weighted by molar-refractivity contribution is -0.143. The van der Waals surface area contributed by atoms with E-state index in [9.17, 15) is 9.59 Å². The Balaban J connectivity index is 1.98. The first kappa shape index (κ1) is 17.3. The number of aliphatic carboxylic acids is 1. The van der Waals surface area contributed by atoms with Crippen LogP contribution in [-0.2, 0) is 4.79 Å². The van der Waals surface area contributed by atoms with Gasteiger partial charge in [-0.05, 0) is 31.4 Å². The Morgan fingerprint density at radius 3 is 2.57 bits per heavy atom. The van der Waals surface area contributed by atoms with Crippen molar-refractivity contribution >= 4 is 11.9 Å². The topological polar surface area (TPSA) is 66.8 Å². The van der Waals surface area contributed by atoms with Gasteiger partial charge in [-0.3, -0.25) is 9.59 Å². The van der Waals surface area contributed by atoms with Crippen molar-refractivity contribution in [3.63, 3.8) is 0 Å². The molecule has 1 aromatic rings. The predicted molar refractivity (Wildman–Crippen MR) is 87.7 cm³/mol. The highest BCUT2D eigenvalue weighted by Crippen LogP contribution is 2.24. The number of unbranched alkanes of at least 4 members (excludes halogenated alkanes) is 2. The molecule has 1 saturated heterocycles. The van der Waals surface area contributed by atoms with Gasteiger partial charge < -0.3 is 14.7 Å². The lowest BCUT2D eigenvalue weighted by atomic mass is 9.96. The smallest absolute Gasteiger partial charge is 0.306 e. The van der Waals surface area contributed by atoms with Gasteiger partial charge in [-0.2, -0.15) is 0 Å². The van der Waals surface area contributed by atoms with Crippen molar-refractivity contribution in [1.29, 1.82) is 0 Å². The van der Waals surface area contributed by atoms with Gasteiger partial charge in [-0.25, -0.2) is 0 Å². The van der Waals surface area contributed by atoms with Gasteiger partial charge in [0.15, 0.2) is 0 Å². The van der Waals surface area contributed by atoms with Crippen LogP contribution in [0.3, 0.4) is 0 Å². The van der Waals surface area contributed by atoms with E-state index in [1.807, 2.05) is 18.2 Å². The SMILES string of the molecule is CCCCCOc1ccccc1C(=O)N1CCC(C(=O)O)CC1. The number of benzene rings is 1. The number of rotatable bonds is 7. The summed E-state index contributed by atoms with van der Waals surface area (Å²) in [5.41, 5.74) is 0.567. The number of ether oxygens (including phenoxy) is 1. The number of piperidine rings is 1. The Morgan fingerprint density at radius 2 is 1.91 bits per heavy atom. The third-order valence-electron chi connectivity index (χ3n) is 4.25. The van der Waals surface area contributed by atoms with E-state index in [1.54, 1.807) is 11.0 Å². The van der Waals surface area contributed by atoms with Gasteiger partial charge in [0.25, 0.3) is 5.91 Å². The molecule has 0 atom stereocenters. The number of hydrogen-bond donors (Lipinski definition) is 1. The Bertz CT molecular complexity index is 536. The normalized spacial score (nSPS) is 15.4. The van der Waals surface area contributed by atoms with E-state index in [4.69, 9.17) is 9.84 Å². The first-order valence-electron chi connectivity index (χ1n) is 8.37. The number of carbonyl (C=O) groups is 2. The fourth-order valence-corrected chi connectivity index (χ4v) is 2.80. The van der Waals surface area contributed by atoms with Crippen molar-refractivity contribution in [2.24, 2.45) is 5.92 Å². The number of nitrogens with zero attached hydrogens (tertiary/aromatic N) is 1. The molecule has 1 heterocycles. The Kier molecular flexibility index (Phi) is 6.44. The average Bonchev–Trinajstić information content (AvgIpc) is 2.58. The summed E-state index contributed by atoms with van der Waals surface area (Å²) in [6, 6.07) is 7.29. The highest BCUT2D eigenvalue weighted by molar-refractivity contribution is 5.97. The third-order valence-corrected chi connectivity index (χ3v) is 4.25. The maximum atomic E-state index is 12.7. The molecule has 0 aliphatic carbocycles. The van der Waals surface area contributed by atoms with Crippen LogP contribution in [0.5, 0.6) is 5.75 Å². The van der Waals surface area contributed by atoms with Crippen molar-refractivity contribution in [3.8, 4) is 5.75 Å². The Morgan fingerprint density at radius 1 is 1.22 bits per heavy atom. The molecule has 1 aliphatic rings. The molecular formula is C18H25NO4. The Hall–Kier alpha value is -2.04. The molecule has 0 bridgehead atoms. The molecule has 1 aromatic carbocycles. The molecule has 1 aliphatic heterocycles. The van der Waals surface area contributed by atoms with Crippen molar-refractivity contribution in [2.45, 2.75) is 39.0 Å². The number of para-hydroxylation sites is 1. The summed E-state index contributed by atoms with van der Waals surface area (Å²) < 4.78 is 5.77. The standard InChI is InChI=1S/C18H25NO4/c1-2-3-6-13-23-16-8-5-4-7-15(16)17(20)19-11-9-14(10-12-19)18(21)22/h4-5,7-8,14H,2-3,6,9-13H2,1H3,(H,21,22). The largest absolute Gasteiger partial charge is 0.493 e. The second kappa shape index (κ2) is 8.56. The van der Waals surface area contributed by atoms with E-state index >= 15 is 0 Å². The summed E-state index contributed by atoms with van der Waals surface area (Å²) in [5, 5.41) is 9.04. The summed E-state index contributed by atoms with van der Waals surface area (Å²) in [6.45, 7) is 3.72. The van der Waals surface area contributed by atoms with E-state index in [1.165, 1.54) is 0 Å². The molecule has 23 heavy (non-hydrogen) atoms. The second-order valence-corrected chi connectivity index (χ2v) is 5.96. The number of hydrogen-bond acceptors (Lipinski definition) is 3. The van der Waals surface area contributed by atoms with Crippen LogP contribution in [0.2, 0.25) is 0 Å². The summed E-state index contributed by atoms with van der Waals surface area (Å²) in [5.74, 6) is -0.551. The minimum Gasteiger partial charge on any atom is -0.493 e. The number of amides is 1. The monoisotopic (exact) mass is 319 g/mol. The summed E-state index contributed by atoms with van der Waals surface area (Å²) in [7, 11) is 0. The van der Waals surface area contributed by atoms with Crippen LogP contribution < -0.4 is 4.74 Å². The van der Waals surface area contributed by atoms with Crippen LogP contribution in [0, 0.1) is 5.92 Å². The fourth-order valence-electron chi connectivity index (χ4n) is 2.80. The molecule has 0 aromatic heterocycles. The zero-order valence-electron chi connectivity index (χ0n) is 13.7. The number of carboxylic acids is 1. The highest BCUT2D eigenvalue weighted by atomic mass is 16.5. The van der Waals surface area contributed by atoms with Gasteiger partial charge in [0.1, 0.15) is 5.75 Å². The molecule has 5 heteroatoms. The van der Waals surface area contributed by atoms with E-state index in [2.05, 4.69) is 6.92 Å². The third kappa shape index (κ3) is 4.71. The van der Waals surface area contributed by atoms with Crippen molar-refractivity contribution in [2.75, 3.05) is 19.7 Å². The van der Waals surface area contributed by atoms with Gasteiger partial charge in [0.05, 0.1) is 18.1 Å². The first-order chi connectivity index (χ1) is 11.1. The van der Waals surface area contributed by atoms with Gasteiger partial charge in [-0.15, -0.1) is 0 Å². The van der Waals surface area contributed by atoms with Crippen LogP contribution in [0.25, 0.3) is 0 Å². The molecule has 0 unspecified atom stereocenters. The zero-order chi connectivity index (χ0) is 16.7. The van der Waals surface area contributed by atoms with Gasteiger partial charge in [0.2, 0.25) is 0 Å².